The quantitative estimate of drug-likeness (QED) is 0.277. The van der Waals surface area contributed by atoms with E-state index in [2.05, 4.69) is 5.32 Å². The Balaban J connectivity index is 3.46. The molecule has 8 heavy (non-hydrogen) atoms. The van der Waals surface area contributed by atoms with Gasteiger partial charge in [0.2, 0.25) is 0 Å². The van der Waals surface area contributed by atoms with Gasteiger partial charge in [0.05, 0.1) is 0 Å². The average Bonchev–Trinajstić information content (AvgIpc) is 1.84. The molecule has 0 fully saturated rings. The lowest BCUT2D eigenvalue weighted by molar-refractivity contribution is 0.204. The van der Waals surface area contributed by atoms with E-state index >= 15 is 0 Å². The fraction of sp³-hybridized carbons (Fsp3) is 0.750. The Bertz CT molecular complexity index is 83.4. The maximum atomic E-state index is 10.4. The van der Waals surface area contributed by atoms with E-state index in [0.29, 0.717) is 6.54 Å². The van der Waals surface area contributed by atoms with Gasteiger partial charge >= 0.3 is 6.03 Å². The van der Waals surface area contributed by atoms with Crippen molar-refractivity contribution in [3.05, 3.63) is 0 Å². The molecule has 0 heterocycles. The van der Waals surface area contributed by atoms with Gasteiger partial charge in [-0.3, -0.25) is 5.01 Å². The second kappa shape index (κ2) is 3.26. The summed E-state index contributed by atoms with van der Waals surface area (Å²) in [5.41, 5.74) is 0. The maximum Gasteiger partial charge on any atom is 0.331 e. The Morgan fingerprint density at radius 1 is 1.88 bits per heavy atom. The number of hydrogen-bond acceptors (Lipinski definition) is 2. The summed E-state index contributed by atoms with van der Waals surface area (Å²) in [5, 5.41) is 3.47. The van der Waals surface area contributed by atoms with Crippen LogP contribution in [0.3, 0.4) is 0 Å². The van der Waals surface area contributed by atoms with Gasteiger partial charge in [-0.1, -0.05) is 0 Å². The van der Waals surface area contributed by atoms with Crippen LogP contribution in [0.1, 0.15) is 6.92 Å². The molecule has 0 aromatic heterocycles. The van der Waals surface area contributed by atoms with E-state index in [0.717, 1.165) is 5.01 Å². The van der Waals surface area contributed by atoms with Crippen molar-refractivity contribution in [3.8, 4) is 0 Å². The van der Waals surface area contributed by atoms with Gasteiger partial charge in [0, 0.05) is 13.6 Å². The Morgan fingerprint density at radius 3 is 2.50 bits per heavy atom. The number of hydrazine groups is 1. The molecule has 0 saturated carbocycles. The maximum absolute atomic E-state index is 10.4. The van der Waals surface area contributed by atoms with Crippen molar-refractivity contribution in [2.45, 2.75) is 6.92 Å². The standard InChI is InChI=1S/C4H11N3O/c1-3-7(5)4(8)6-2/h3,5H2,1-2H3,(H,6,8). The van der Waals surface area contributed by atoms with Crippen LogP contribution in [0.25, 0.3) is 0 Å². The van der Waals surface area contributed by atoms with Crippen molar-refractivity contribution >= 4 is 6.03 Å². The van der Waals surface area contributed by atoms with Crippen molar-refractivity contribution in [3.63, 3.8) is 0 Å². The lowest BCUT2D eigenvalue weighted by Gasteiger charge is -2.11. The van der Waals surface area contributed by atoms with E-state index in [-0.39, 0.29) is 6.03 Å². The molecule has 4 nitrogen and oxygen atoms in total. The molecule has 0 aliphatic rings. The number of nitrogens with one attached hydrogen (secondary N) is 1. The lowest BCUT2D eigenvalue weighted by atomic mass is 10.7. The Labute approximate surface area is 48.6 Å². The van der Waals surface area contributed by atoms with E-state index in [4.69, 9.17) is 5.84 Å². The van der Waals surface area contributed by atoms with Gasteiger partial charge in [-0.25, -0.2) is 10.6 Å². The molecule has 0 saturated heterocycles. The molecule has 0 unspecified atom stereocenters. The van der Waals surface area contributed by atoms with Crippen LogP contribution in [0, 0.1) is 0 Å². The normalized spacial score (nSPS) is 8.38. The van der Waals surface area contributed by atoms with Crippen LogP contribution >= 0.6 is 0 Å². The summed E-state index contributed by atoms with van der Waals surface area (Å²) in [6, 6.07) is -0.257. The molecule has 0 spiro atoms. The van der Waals surface area contributed by atoms with Crippen LogP contribution in [0.5, 0.6) is 0 Å². The summed E-state index contributed by atoms with van der Waals surface area (Å²) in [5.74, 6) is 5.15. The zero-order valence-electron chi connectivity index (χ0n) is 5.14. The second-order valence-electron chi connectivity index (χ2n) is 1.34. The predicted molar refractivity (Wildman–Crippen MR) is 31.0 cm³/mol. The molecule has 4 heteroatoms. The summed E-state index contributed by atoms with van der Waals surface area (Å²) in [7, 11) is 1.54. The van der Waals surface area contributed by atoms with Crippen LogP contribution in [-0.2, 0) is 0 Å². The fourth-order valence-electron chi connectivity index (χ4n) is 0.287. The molecule has 3 N–H and O–H groups in total. The minimum atomic E-state index is -0.257. The zero-order chi connectivity index (χ0) is 6.57. The van der Waals surface area contributed by atoms with E-state index in [1.54, 1.807) is 6.92 Å². The number of carbonyl (C=O) groups is 1. The first-order chi connectivity index (χ1) is 3.72. The van der Waals surface area contributed by atoms with Crippen LogP contribution in [-0.4, -0.2) is 24.6 Å². The molecule has 0 aliphatic heterocycles. The molecular weight excluding hydrogens is 106 g/mol. The zero-order valence-corrected chi connectivity index (χ0v) is 5.14. The third-order valence-corrected chi connectivity index (χ3v) is 0.815. The number of nitrogens with two attached hydrogens (primary N) is 1. The largest absolute Gasteiger partial charge is 0.340 e. The van der Waals surface area contributed by atoms with E-state index in [9.17, 15) is 4.79 Å². The Kier molecular flexibility index (Phi) is 2.95. The van der Waals surface area contributed by atoms with Gasteiger partial charge in [0.15, 0.2) is 0 Å². The summed E-state index contributed by atoms with van der Waals surface area (Å²) in [6.07, 6.45) is 0. The molecule has 0 radical (unpaired) electrons. The number of amides is 2. The molecular formula is C4H11N3O. The molecule has 0 aromatic rings. The molecule has 0 aromatic carbocycles. The van der Waals surface area contributed by atoms with Crippen molar-refractivity contribution in [2.75, 3.05) is 13.6 Å². The lowest BCUT2D eigenvalue weighted by Crippen LogP contribution is -2.42. The number of rotatable bonds is 1. The van der Waals surface area contributed by atoms with Gasteiger partial charge in [-0.15, -0.1) is 0 Å². The third kappa shape index (κ3) is 1.79. The highest BCUT2D eigenvalue weighted by Crippen LogP contribution is 1.73. The molecule has 0 aliphatic carbocycles. The molecule has 0 bridgehead atoms. The van der Waals surface area contributed by atoms with Gasteiger partial charge in [0.1, 0.15) is 0 Å². The molecule has 0 rings (SSSR count). The van der Waals surface area contributed by atoms with Crippen LogP contribution in [0.15, 0.2) is 0 Å². The third-order valence-electron chi connectivity index (χ3n) is 0.815. The highest BCUT2D eigenvalue weighted by molar-refractivity contribution is 5.72. The van der Waals surface area contributed by atoms with E-state index in [1.165, 1.54) is 7.05 Å². The van der Waals surface area contributed by atoms with Crippen molar-refractivity contribution < 1.29 is 4.79 Å². The van der Waals surface area contributed by atoms with Gasteiger partial charge in [0.25, 0.3) is 0 Å². The summed E-state index contributed by atoms with van der Waals surface area (Å²) >= 11 is 0. The van der Waals surface area contributed by atoms with Gasteiger partial charge in [-0.05, 0) is 6.92 Å². The van der Waals surface area contributed by atoms with Crippen molar-refractivity contribution in [2.24, 2.45) is 5.84 Å². The van der Waals surface area contributed by atoms with Crippen molar-refractivity contribution in [1.29, 1.82) is 0 Å². The van der Waals surface area contributed by atoms with Crippen molar-refractivity contribution in [1.82, 2.24) is 10.3 Å². The van der Waals surface area contributed by atoms with Gasteiger partial charge in [-0.2, -0.15) is 0 Å². The number of nitrogens with zero attached hydrogens (tertiary/aromatic N) is 1. The highest BCUT2D eigenvalue weighted by atomic mass is 16.2. The fourth-order valence-corrected chi connectivity index (χ4v) is 0.287. The monoisotopic (exact) mass is 117 g/mol. The molecule has 2 amide bonds. The van der Waals surface area contributed by atoms with E-state index in [1.807, 2.05) is 0 Å². The number of hydrogen-bond donors (Lipinski definition) is 2. The summed E-state index contributed by atoms with van der Waals surface area (Å²) < 4.78 is 0. The number of carbonyl (C=O) groups excluding carboxylic acids is 1. The minimum Gasteiger partial charge on any atom is -0.340 e. The predicted octanol–water partition coefficient (Wildman–Crippen LogP) is -0.479. The van der Waals surface area contributed by atoms with E-state index < -0.39 is 0 Å². The smallest absolute Gasteiger partial charge is 0.331 e. The van der Waals surface area contributed by atoms with Crippen LogP contribution in [0.2, 0.25) is 0 Å². The highest BCUT2D eigenvalue weighted by Gasteiger charge is 1.99. The first-order valence-electron chi connectivity index (χ1n) is 2.46. The summed E-state index contributed by atoms with van der Waals surface area (Å²) in [4.78, 5) is 10.4. The Morgan fingerprint density at radius 2 is 2.38 bits per heavy atom. The second-order valence-corrected chi connectivity index (χ2v) is 1.34. The SMILES string of the molecule is CCN(N)C(=O)NC. The summed E-state index contributed by atoms with van der Waals surface area (Å²) in [6.45, 7) is 2.33. The Hall–Kier alpha value is -0.770. The minimum absolute atomic E-state index is 0.257. The molecule has 48 valence electrons. The van der Waals surface area contributed by atoms with Crippen LogP contribution in [0.4, 0.5) is 4.79 Å². The average molecular weight is 117 g/mol. The number of urea groups is 1. The topological polar surface area (TPSA) is 58.4 Å². The molecule has 0 atom stereocenters. The van der Waals surface area contributed by atoms with Gasteiger partial charge < -0.3 is 5.32 Å². The first-order valence-corrected chi connectivity index (χ1v) is 2.46. The first kappa shape index (κ1) is 7.23. The van der Waals surface area contributed by atoms with Crippen LogP contribution < -0.4 is 11.2 Å².